The van der Waals surface area contributed by atoms with Gasteiger partial charge in [0.05, 0.1) is 5.69 Å². The third-order valence-corrected chi connectivity index (χ3v) is 1.84. The standard InChI is InChI=1S/C7H8ClN5O/c8-2-1-6-3-13(12-10-6)4-7-9-5-14-11-7/h3,5H,1-2,4H2. The summed E-state index contributed by atoms with van der Waals surface area (Å²) in [4.78, 5) is 3.87. The summed E-state index contributed by atoms with van der Waals surface area (Å²) in [5.41, 5.74) is 0.864. The summed E-state index contributed by atoms with van der Waals surface area (Å²) in [5.74, 6) is 1.12. The molecule has 2 heterocycles. The van der Waals surface area contributed by atoms with E-state index >= 15 is 0 Å². The number of alkyl halides is 1. The molecule has 7 heteroatoms. The summed E-state index contributed by atoms with van der Waals surface area (Å²) < 4.78 is 6.24. The highest BCUT2D eigenvalue weighted by atomic mass is 35.5. The van der Waals surface area contributed by atoms with Crippen molar-refractivity contribution in [3.05, 3.63) is 24.1 Å². The Morgan fingerprint density at radius 1 is 1.50 bits per heavy atom. The first-order chi connectivity index (χ1) is 6.88. The molecule has 0 aliphatic rings. The number of aryl methyl sites for hydroxylation is 1. The summed E-state index contributed by atoms with van der Waals surface area (Å²) in [6.07, 6.45) is 3.82. The van der Waals surface area contributed by atoms with E-state index in [2.05, 4.69) is 25.0 Å². The van der Waals surface area contributed by atoms with Crippen molar-refractivity contribution in [2.75, 3.05) is 5.88 Å². The fourth-order valence-electron chi connectivity index (χ4n) is 1.03. The molecule has 0 radical (unpaired) electrons. The van der Waals surface area contributed by atoms with Gasteiger partial charge in [-0.1, -0.05) is 10.4 Å². The van der Waals surface area contributed by atoms with Crippen LogP contribution in [0, 0.1) is 0 Å². The summed E-state index contributed by atoms with van der Waals surface area (Å²) in [7, 11) is 0. The Kier molecular flexibility index (Phi) is 2.73. The van der Waals surface area contributed by atoms with Gasteiger partial charge in [0.25, 0.3) is 0 Å². The highest BCUT2D eigenvalue weighted by molar-refractivity contribution is 6.17. The molecule has 0 aliphatic carbocycles. The van der Waals surface area contributed by atoms with E-state index in [0.717, 1.165) is 5.69 Å². The number of nitrogens with zero attached hydrogens (tertiary/aromatic N) is 5. The Morgan fingerprint density at radius 3 is 3.14 bits per heavy atom. The first kappa shape index (κ1) is 9.14. The molecule has 0 aromatic carbocycles. The van der Waals surface area contributed by atoms with E-state index in [-0.39, 0.29) is 0 Å². The minimum atomic E-state index is 0.464. The lowest BCUT2D eigenvalue weighted by Crippen LogP contribution is -2.01. The molecule has 2 aromatic heterocycles. The minimum Gasteiger partial charge on any atom is -0.343 e. The second-order valence-corrected chi connectivity index (χ2v) is 3.07. The first-order valence-corrected chi connectivity index (χ1v) is 4.62. The molecular weight excluding hydrogens is 206 g/mol. The molecule has 0 N–H and O–H groups in total. The van der Waals surface area contributed by atoms with E-state index in [1.165, 1.54) is 6.39 Å². The van der Waals surface area contributed by atoms with E-state index in [1.54, 1.807) is 4.68 Å². The molecule has 0 amide bonds. The maximum atomic E-state index is 5.57. The number of halogens is 1. The topological polar surface area (TPSA) is 69.6 Å². The minimum absolute atomic E-state index is 0.464. The van der Waals surface area contributed by atoms with E-state index in [4.69, 9.17) is 11.6 Å². The van der Waals surface area contributed by atoms with Crippen molar-refractivity contribution in [3.63, 3.8) is 0 Å². The fourth-order valence-corrected chi connectivity index (χ4v) is 1.23. The van der Waals surface area contributed by atoms with Crippen LogP contribution >= 0.6 is 11.6 Å². The smallest absolute Gasteiger partial charge is 0.213 e. The van der Waals surface area contributed by atoms with Crippen molar-refractivity contribution in [2.24, 2.45) is 0 Å². The molecule has 14 heavy (non-hydrogen) atoms. The molecule has 0 atom stereocenters. The monoisotopic (exact) mass is 213 g/mol. The van der Waals surface area contributed by atoms with E-state index in [0.29, 0.717) is 24.7 Å². The van der Waals surface area contributed by atoms with Crippen LogP contribution in [-0.4, -0.2) is 31.0 Å². The number of rotatable bonds is 4. The van der Waals surface area contributed by atoms with Crippen molar-refractivity contribution in [2.45, 2.75) is 13.0 Å². The molecule has 0 unspecified atom stereocenters. The van der Waals surface area contributed by atoms with Gasteiger partial charge >= 0.3 is 0 Å². The molecule has 0 saturated carbocycles. The quantitative estimate of drug-likeness (QED) is 0.692. The molecule has 6 nitrogen and oxygen atoms in total. The van der Waals surface area contributed by atoms with Crippen LogP contribution < -0.4 is 0 Å². The third kappa shape index (κ3) is 2.08. The first-order valence-electron chi connectivity index (χ1n) is 4.08. The zero-order chi connectivity index (χ0) is 9.80. The lowest BCUT2D eigenvalue weighted by Gasteiger charge is -1.91. The molecule has 2 rings (SSSR count). The molecule has 0 fully saturated rings. The van der Waals surface area contributed by atoms with Gasteiger partial charge in [-0.15, -0.1) is 16.7 Å². The molecule has 0 spiro atoms. The number of hydrogen-bond acceptors (Lipinski definition) is 5. The largest absolute Gasteiger partial charge is 0.343 e. The predicted molar refractivity (Wildman–Crippen MR) is 47.8 cm³/mol. The summed E-state index contributed by atoms with van der Waals surface area (Å²) >= 11 is 5.57. The van der Waals surface area contributed by atoms with Gasteiger partial charge in [-0.2, -0.15) is 4.98 Å². The van der Waals surface area contributed by atoms with Crippen LogP contribution in [0.5, 0.6) is 0 Å². The molecule has 0 bridgehead atoms. The van der Waals surface area contributed by atoms with Crippen LogP contribution in [0.2, 0.25) is 0 Å². The van der Waals surface area contributed by atoms with Crippen LogP contribution in [0.4, 0.5) is 0 Å². The average Bonchev–Trinajstić information content (AvgIpc) is 2.79. The second kappa shape index (κ2) is 4.19. The fraction of sp³-hybridized carbons (Fsp3) is 0.429. The second-order valence-electron chi connectivity index (χ2n) is 2.69. The van der Waals surface area contributed by atoms with Crippen molar-refractivity contribution in [1.82, 2.24) is 25.1 Å². The third-order valence-electron chi connectivity index (χ3n) is 1.65. The summed E-state index contributed by atoms with van der Waals surface area (Å²) in [5, 5.41) is 11.5. The maximum Gasteiger partial charge on any atom is 0.213 e. The Hall–Kier alpha value is -1.43. The van der Waals surface area contributed by atoms with Crippen molar-refractivity contribution >= 4 is 11.6 Å². The van der Waals surface area contributed by atoms with Crippen LogP contribution in [-0.2, 0) is 13.0 Å². The highest BCUT2D eigenvalue weighted by Gasteiger charge is 2.03. The van der Waals surface area contributed by atoms with Crippen molar-refractivity contribution in [3.8, 4) is 0 Å². The zero-order valence-electron chi connectivity index (χ0n) is 7.30. The highest BCUT2D eigenvalue weighted by Crippen LogP contribution is 1.98. The SMILES string of the molecule is ClCCc1cn(Cc2ncon2)nn1. The van der Waals surface area contributed by atoms with Gasteiger partial charge in [0.15, 0.2) is 5.82 Å². The Bertz CT molecular complexity index is 384. The average molecular weight is 214 g/mol. The molecule has 2 aromatic rings. The van der Waals surface area contributed by atoms with Gasteiger partial charge in [-0.25, -0.2) is 4.68 Å². The van der Waals surface area contributed by atoms with Crippen LogP contribution in [0.15, 0.2) is 17.1 Å². The van der Waals surface area contributed by atoms with Gasteiger partial charge in [-0.05, 0) is 0 Å². The van der Waals surface area contributed by atoms with Gasteiger partial charge in [-0.3, -0.25) is 0 Å². The van der Waals surface area contributed by atoms with E-state index in [1.807, 2.05) is 6.20 Å². The van der Waals surface area contributed by atoms with E-state index < -0.39 is 0 Å². The Morgan fingerprint density at radius 2 is 2.43 bits per heavy atom. The van der Waals surface area contributed by atoms with Gasteiger partial charge in [0.1, 0.15) is 6.54 Å². The van der Waals surface area contributed by atoms with Crippen LogP contribution in [0.25, 0.3) is 0 Å². The van der Waals surface area contributed by atoms with Gasteiger partial charge < -0.3 is 4.52 Å². The Labute approximate surface area is 84.9 Å². The Balaban J connectivity index is 2.03. The van der Waals surface area contributed by atoms with Crippen molar-refractivity contribution < 1.29 is 4.52 Å². The normalized spacial score (nSPS) is 10.6. The lowest BCUT2D eigenvalue weighted by atomic mass is 10.4. The van der Waals surface area contributed by atoms with E-state index in [9.17, 15) is 0 Å². The van der Waals surface area contributed by atoms with Crippen molar-refractivity contribution in [1.29, 1.82) is 0 Å². The molecule has 0 aliphatic heterocycles. The predicted octanol–water partition coefficient (Wildman–Crippen LogP) is 0.491. The molecule has 0 saturated heterocycles. The summed E-state index contributed by atoms with van der Waals surface area (Å²) in [6.45, 7) is 0.464. The maximum absolute atomic E-state index is 5.57. The van der Waals surface area contributed by atoms with Gasteiger partial charge in [0.2, 0.25) is 6.39 Å². The summed E-state index contributed by atoms with van der Waals surface area (Å²) in [6, 6.07) is 0. The molecule has 74 valence electrons. The zero-order valence-corrected chi connectivity index (χ0v) is 8.05. The van der Waals surface area contributed by atoms with Crippen LogP contribution in [0.1, 0.15) is 11.5 Å². The van der Waals surface area contributed by atoms with Crippen LogP contribution in [0.3, 0.4) is 0 Å². The number of aromatic nitrogens is 5. The number of hydrogen-bond donors (Lipinski definition) is 0. The van der Waals surface area contributed by atoms with Gasteiger partial charge in [0, 0.05) is 18.5 Å². The molecular formula is C7H8ClN5O. The lowest BCUT2D eigenvalue weighted by molar-refractivity contribution is 0.406.